The molecule has 2 aliphatic rings. The van der Waals surface area contributed by atoms with Gasteiger partial charge in [-0.15, -0.1) is 0 Å². The molecule has 2 amide bonds. The topological polar surface area (TPSA) is 79.8 Å². The number of hydrogen-bond donors (Lipinski definition) is 0. The molecule has 0 saturated carbocycles. The minimum atomic E-state index is -0.227. The maximum absolute atomic E-state index is 13.1. The third-order valence-electron chi connectivity index (χ3n) is 6.56. The molecule has 0 radical (unpaired) electrons. The lowest BCUT2D eigenvalue weighted by Crippen LogP contribution is -2.48. The fourth-order valence-electron chi connectivity index (χ4n) is 4.73. The zero-order valence-electron chi connectivity index (χ0n) is 19.1. The molecule has 7 heteroatoms. The SMILES string of the molecule is CCOC(=O)C1CCCN(C(=O)C2CCN(C(=O)c3ccnc(-c4ccccc4)c3)CC2)C1. The van der Waals surface area contributed by atoms with Crippen molar-refractivity contribution in [2.24, 2.45) is 11.8 Å². The van der Waals surface area contributed by atoms with Crippen molar-refractivity contribution in [2.45, 2.75) is 32.6 Å². The number of carbonyl (C=O) groups is 3. The highest BCUT2D eigenvalue weighted by atomic mass is 16.5. The Bertz CT molecular complexity index is 986. The van der Waals surface area contributed by atoms with Crippen molar-refractivity contribution in [3.63, 3.8) is 0 Å². The summed E-state index contributed by atoms with van der Waals surface area (Å²) in [6, 6.07) is 13.4. The minimum absolute atomic E-state index is 0.0270. The Kier molecular flexibility index (Phi) is 7.37. The summed E-state index contributed by atoms with van der Waals surface area (Å²) >= 11 is 0. The fraction of sp³-hybridized carbons (Fsp3) is 0.462. The van der Waals surface area contributed by atoms with Crippen molar-refractivity contribution in [1.29, 1.82) is 0 Å². The molecular weight excluding hydrogens is 418 g/mol. The summed E-state index contributed by atoms with van der Waals surface area (Å²) in [6.45, 7) is 4.39. The van der Waals surface area contributed by atoms with E-state index in [0.29, 0.717) is 51.2 Å². The van der Waals surface area contributed by atoms with Gasteiger partial charge in [0.25, 0.3) is 5.91 Å². The quantitative estimate of drug-likeness (QED) is 0.654. The van der Waals surface area contributed by atoms with Crippen molar-refractivity contribution in [3.05, 3.63) is 54.2 Å². The number of esters is 1. The molecule has 1 aromatic heterocycles. The number of rotatable bonds is 5. The number of ether oxygens (including phenoxy) is 1. The zero-order chi connectivity index (χ0) is 23.2. The molecule has 1 atom stereocenters. The van der Waals surface area contributed by atoms with Gasteiger partial charge in [-0.1, -0.05) is 30.3 Å². The molecule has 33 heavy (non-hydrogen) atoms. The molecule has 2 aliphatic heterocycles. The smallest absolute Gasteiger partial charge is 0.310 e. The van der Waals surface area contributed by atoms with Crippen molar-refractivity contribution in [3.8, 4) is 11.3 Å². The average Bonchev–Trinajstić information content (AvgIpc) is 2.89. The second-order valence-corrected chi connectivity index (χ2v) is 8.74. The monoisotopic (exact) mass is 449 g/mol. The number of amides is 2. The summed E-state index contributed by atoms with van der Waals surface area (Å²) in [5.41, 5.74) is 2.36. The van der Waals surface area contributed by atoms with Crippen LogP contribution in [0.25, 0.3) is 11.3 Å². The van der Waals surface area contributed by atoms with E-state index in [2.05, 4.69) is 4.98 Å². The van der Waals surface area contributed by atoms with E-state index in [1.165, 1.54) is 0 Å². The van der Waals surface area contributed by atoms with Gasteiger partial charge < -0.3 is 14.5 Å². The first-order valence-electron chi connectivity index (χ1n) is 11.8. The van der Waals surface area contributed by atoms with Crippen LogP contribution in [-0.2, 0) is 14.3 Å². The predicted molar refractivity (Wildman–Crippen MR) is 124 cm³/mol. The van der Waals surface area contributed by atoms with E-state index in [1.54, 1.807) is 19.2 Å². The van der Waals surface area contributed by atoms with Crippen molar-refractivity contribution < 1.29 is 19.1 Å². The molecule has 7 nitrogen and oxygen atoms in total. The van der Waals surface area contributed by atoms with Crippen LogP contribution >= 0.6 is 0 Å². The lowest BCUT2D eigenvalue weighted by molar-refractivity contribution is -0.152. The summed E-state index contributed by atoms with van der Waals surface area (Å²) in [5.74, 6) is -0.461. The van der Waals surface area contributed by atoms with E-state index in [1.807, 2.05) is 46.2 Å². The van der Waals surface area contributed by atoms with Crippen LogP contribution < -0.4 is 0 Å². The van der Waals surface area contributed by atoms with Crippen molar-refractivity contribution >= 4 is 17.8 Å². The summed E-state index contributed by atoms with van der Waals surface area (Å²) in [6.07, 6.45) is 4.54. The summed E-state index contributed by atoms with van der Waals surface area (Å²) in [5, 5.41) is 0. The van der Waals surface area contributed by atoms with Crippen LogP contribution in [0.15, 0.2) is 48.7 Å². The first-order chi connectivity index (χ1) is 16.1. The Morgan fingerprint density at radius 3 is 2.45 bits per heavy atom. The molecule has 2 saturated heterocycles. The van der Waals surface area contributed by atoms with Gasteiger partial charge in [0, 0.05) is 49.4 Å². The predicted octanol–water partition coefficient (Wildman–Crippen LogP) is 3.40. The fourth-order valence-corrected chi connectivity index (χ4v) is 4.73. The maximum Gasteiger partial charge on any atom is 0.310 e. The summed E-state index contributed by atoms with van der Waals surface area (Å²) in [4.78, 5) is 46.3. The summed E-state index contributed by atoms with van der Waals surface area (Å²) in [7, 11) is 0. The Morgan fingerprint density at radius 2 is 1.73 bits per heavy atom. The minimum Gasteiger partial charge on any atom is -0.466 e. The normalized spacial score (nSPS) is 19.2. The van der Waals surface area contributed by atoms with Crippen LogP contribution in [0.3, 0.4) is 0 Å². The number of likely N-dealkylation sites (tertiary alicyclic amines) is 2. The van der Waals surface area contributed by atoms with Gasteiger partial charge in [0.2, 0.25) is 5.91 Å². The van der Waals surface area contributed by atoms with Crippen LogP contribution in [0.2, 0.25) is 0 Å². The van der Waals surface area contributed by atoms with Gasteiger partial charge in [0.05, 0.1) is 18.2 Å². The van der Waals surface area contributed by atoms with Crippen molar-refractivity contribution in [1.82, 2.24) is 14.8 Å². The molecule has 4 rings (SSSR count). The Hall–Kier alpha value is -3.22. The van der Waals surface area contributed by atoms with Crippen LogP contribution in [0.5, 0.6) is 0 Å². The molecule has 0 aliphatic carbocycles. The molecule has 0 spiro atoms. The molecule has 1 aromatic carbocycles. The zero-order valence-corrected chi connectivity index (χ0v) is 19.1. The van der Waals surface area contributed by atoms with Gasteiger partial charge in [-0.2, -0.15) is 0 Å². The average molecular weight is 450 g/mol. The molecule has 0 bridgehead atoms. The van der Waals surface area contributed by atoms with E-state index in [4.69, 9.17) is 4.74 Å². The number of pyridine rings is 1. The van der Waals surface area contributed by atoms with Crippen LogP contribution in [0, 0.1) is 11.8 Å². The van der Waals surface area contributed by atoms with E-state index in [-0.39, 0.29) is 29.6 Å². The number of aromatic nitrogens is 1. The molecule has 174 valence electrons. The Morgan fingerprint density at radius 1 is 0.970 bits per heavy atom. The second kappa shape index (κ2) is 10.6. The highest BCUT2D eigenvalue weighted by Gasteiger charge is 2.34. The number of piperidine rings is 2. The van der Waals surface area contributed by atoms with E-state index in [0.717, 1.165) is 24.1 Å². The maximum atomic E-state index is 13.1. The van der Waals surface area contributed by atoms with Crippen molar-refractivity contribution in [2.75, 3.05) is 32.8 Å². The lowest BCUT2D eigenvalue weighted by atomic mass is 9.92. The van der Waals surface area contributed by atoms with Gasteiger partial charge in [-0.25, -0.2) is 0 Å². The van der Waals surface area contributed by atoms with Crippen LogP contribution in [-0.4, -0.2) is 65.4 Å². The lowest BCUT2D eigenvalue weighted by Gasteiger charge is -2.37. The number of hydrogen-bond acceptors (Lipinski definition) is 5. The van der Waals surface area contributed by atoms with E-state index >= 15 is 0 Å². The van der Waals surface area contributed by atoms with Gasteiger partial charge in [0.15, 0.2) is 0 Å². The molecule has 0 N–H and O–H groups in total. The first-order valence-corrected chi connectivity index (χ1v) is 11.8. The molecule has 2 aromatic rings. The molecule has 2 fully saturated rings. The molecule has 1 unspecified atom stereocenters. The van der Waals surface area contributed by atoms with E-state index < -0.39 is 0 Å². The third-order valence-corrected chi connectivity index (χ3v) is 6.56. The van der Waals surface area contributed by atoms with Crippen LogP contribution in [0.4, 0.5) is 0 Å². The highest BCUT2D eigenvalue weighted by molar-refractivity contribution is 5.95. The summed E-state index contributed by atoms with van der Waals surface area (Å²) < 4.78 is 5.15. The largest absolute Gasteiger partial charge is 0.466 e. The number of nitrogens with zero attached hydrogens (tertiary/aromatic N) is 3. The van der Waals surface area contributed by atoms with Gasteiger partial charge in [-0.3, -0.25) is 19.4 Å². The Balaban J connectivity index is 1.34. The Labute approximate surface area is 194 Å². The van der Waals surface area contributed by atoms with E-state index in [9.17, 15) is 14.4 Å². The number of benzene rings is 1. The van der Waals surface area contributed by atoms with Gasteiger partial charge >= 0.3 is 5.97 Å². The third kappa shape index (κ3) is 5.41. The molecule has 3 heterocycles. The van der Waals surface area contributed by atoms with Gasteiger partial charge in [0.1, 0.15) is 0 Å². The first kappa shape index (κ1) is 23.0. The number of carbonyl (C=O) groups excluding carboxylic acids is 3. The highest BCUT2D eigenvalue weighted by Crippen LogP contribution is 2.26. The van der Waals surface area contributed by atoms with Gasteiger partial charge in [-0.05, 0) is 44.7 Å². The second-order valence-electron chi connectivity index (χ2n) is 8.74. The molecular formula is C26H31N3O4. The van der Waals surface area contributed by atoms with Crippen LogP contribution in [0.1, 0.15) is 43.0 Å². The standard InChI is InChI=1S/C26H31N3O4/c1-2-33-26(32)22-9-6-14-29(18-22)24(30)20-11-15-28(16-12-20)25(31)21-10-13-27-23(17-21)19-7-4-3-5-8-19/h3-5,7-8,10,13,17,20,22H,2,6,9,11-12,14-16,18H2,1H3.